The van der Waals surface area contributed by atoms with Crippen molar-refractivity contribution in [2.45, 2.75) is 13.1 Å². The minimum absolute atomic E-state index is 0.0883. The van der Waals surface area contributed by atoms with Crippen LogP contribution in [0.2, 0.25) is 0 Å². The summed E-state index contributed by atoms with van der Waals surface area (Å²) in [7, 11) is 0. The van der Waals surface area contributed by atoms with Gasteiger partial charge in [0, 0.05) is 36.3 Å². The van der Waals surface area contributed by atoms with E-state index in [4.69, 9.17) is 0 Å². The number of nitrogens with zero attached hydrogens (tertiary/aromatic N) is 1. The van der Waals surface area contributed by atoms with Crippen LogP contribution in [0.4, 0.5) is 17.6 Å². The molecule has 2 rings (SSSR count). The number of hydrogen-bond acceptors (Lipinski definition) is 4. The Morgan fingerprint density at radius 1 is 0.920 bits per heavy atom. The molecule has 0 aliphatic rings. The van der Waals surface area contributed by atoms with Crippen LogP contribution >= 0.6 is 0 Å². The fourth-order valence-electron chi connectivity index (χ4n) is 1.97. The van der Waals surface area contributed by atoms with E-state index in [0.717, 1.165) is 12.1 Å². The maximum absolute atomic E-state index is 13.6. The fraction of sp³-hybridized carbons (Fsp3) is 0.125. The van der Waals surface area contributed by atoms with E-state index in [-0.39, 0.29) is 30.0 Å². The minimum atomic E-state index is -0.808. The van der Waals surface area contributed by atoms with Gasteiger partial charge >= 0.3 is 0 Å². The van der Waals surface area contributed by atoms with Crippen molar-refractivity contribution < 1.29 is 22.5 Å². The smallest absolute Gasteiger partial charge is 0.274 e. The van der Waals surface area contributed by atoms with E-state index >= 15 is 0 Å². The lowest BCUT2D eigenvalue weighted by Crippen LogP contribution is -2.27. The zero-order valence-corrected chi connectivity index (χ0v) is 12.7. The van der Waals surface area contributed by atoms with Crippen molar-refractivity contribution in [1.29, 1.82) is 0 Å². The highest BCUT2D eigenvalue weighted by atomic mass is 19.1. The molecule has 0 fully saturated rings. The standard InChI is InChI=1S/C16H13F4N3O2/c17-12-3-1-10(14(19)5-12)7-21-16(9-23(24)25)22-8-11-2-4-13(18)6-15(11)20/h1-6,9,21-22H,7-8H2. The molecule has 0 unspecified atom stereocenters. The molecule has 0 amide bonds. The topological polar surface area (TPSA) is 67.2 Å². The molecule has 0 bridgehead atoms. The summed E-state index contributed by atoms with van der Waals surface area (Å²) in [5.41, 5.74) is 0.177. The van der Waals surface area contributed by atoms with Gasteiger partial charge in [0.2, 0.25) is 0 Å². The molecular formula is C16H13F4N3O2. The Bertz CT molecular complexity index is 754. The molecule has 0 saturated heterocycles. The maximum Gasteiger partial charge on any atom is 0.274 e. The second kappa shape index (κ2) is 8.13. The zero-order chi connectivity index (χ0) is 18.4. The summed E-state index contributed by atoms with van der Waals surface area (Å²) in [4.78, 5) is 9.90. The van der Waals surface area contributed by atoms with E-state index < -0.39 is 28.2 Å². The third-order valence-electron chi connectivity index (χ3n) is 3.20. The van der Waals surface area contributed by atoms with Crippen molar-refractivity contribution in [3.63, 3.8) is 0 Å². The van der Waals surface area contributed by atoms with Gasteiger partial charge in [-0.15, -0.1) is 0 Å². The Kier molecular flexibility index (Phi) is 5.93. The van der Waals surface area contributed by atoms with Crippen molar-refractivity contribution in [3.8, 4) is 0 Å². The van der Waals surface area contributed by atoms with Crippen LogP contribution in [0.25, 0.3) is 0 Å². The Morgan fingerprint density at radius 2 is 1.36 bits per heavy atom. The van der Waals surface area contributed by atoms with Crippen LogP contribution < -0.4 is 10.6 Å². The Labute approximate surface area is 140 Å². The summed E-state index contributed by atoms with van der Waals surface area (Å²) < 4.78 is 52.8. The molecule has 0 aromatic heterocycles. The van der Waals surface area contributed by atoms with Crippen molar-refractivity contribution in [3.05, 3.63) is 92.9 Å². The SMILES string of the molecule is O=[N+]([O-])C=C(NCc1ccc(F)cc1F)NCc1ccc(F)cc1F. The first kappa shape index (κ1) is 18.2. The van der Waals surface area contributed by atoms with Gasteiger partial charge < -0.3 is 10.6 Å². The number of nitro groups is 1. The first-order valence-electron chi connectivity index (χ1n) is 7.06. The Morgan fingerprint density at radius 3 is 1.72 bits per heavy atom. The van der Waals surface area contributed by atoms with E-state index in [1.54, 1.807) is 0 Å². The van der Waals surface area contributed by atoms with E-state index in [1.165, 1.54) is 12.1 Å². The highest BCUT2D eigenvalue weighted by Crippen LogP contribution is 2.11. The van der Waals surface area contributed by atoms with Crippen LogP contribution in [-0.2, 0) is 13.1 Å². The van der Waals surface area contributed by atoms with Crippen molar-refractivity contribution in [2.75, 3.05) is 0 Å². The molecule has 0 aliphatic carbocycles. The van der Waals surface area contributed by atoms with E-state index in [0.29, 0.717) is 18.3 Å². The summed E-state index contributed by atoms with van der Waals surface area (Å²) >= 11 is 0. The van der Waals surface area contributed by atoms with Crippen LogP contribution in [-0.4, -0.2) is 4.92 Å². The van der Waals surface area contributed by atoms with Gasteiger partial charge in [-0.1, -0.05) is 12.1 Å². The van der Waals surface area contributed by atoms with Gasteiger partial charge in [-0.25, -0.2) is 17.6 Å². The molecule has 5 nitrogen and oxygen atoms in total. The molecule has 2 N–H and O–H groups in total. The molecule has 2 aromatic rings. The number of nitrogens with one attached hydrogen (secondary N) is 2. The average Bonchev–Trinajstić information content (AvgIpc) is 2.52. The van der Waals surface area contributed by atoms with E-state index in [9.17, 15) is 27.7 Å². The Hall–Kier alpha value is -3.10. The predicted octanol–water partition coefficient (Wildman–Crippen LogP) is 3.20. The van der Waals surface area contributed by atoms with Crippen molar-refractivity contribution in [1.82, 2.24) is 10.6 Å². The molecular weight excluding hydrogens is 342 g/mol. The lowest BCUT2D eigenvalue weighted by Gasteiger charge is -2.12. The minimum Gasteiger partial charge on any atom is -0.363 e. The van der Waals surface area contributed by atoms with Crippen LogP contribution in [0, 0.1) is 33.4 Å². The normalized spacial score (nSPS) is 10.2. The first-order chi connectivity index (χ1) is 11.8. The second-order valence-corrected chi connectivity index (χ2v) is 5.01. The number of hydrogen-bond donors (Lipinski definition) is 2. The molecule has 0 aliphatic heterocycles. The monoisotopic (exact) mass is 355 g/mol. The number of benzene rings is 2. The Balaban J connectivity index is 2.05. The van der Waals surface area contributed by atoms with Gasteiger partial charge in [0.25, 0.3) is 6.20 Å². The van der Waals surface area contributed by atoms with Crippen molar-refractivity contribution >= 4 is 0 Å². The quantitative estimate of drug-likeness (QED) is 0.455. The van der Waals surface area contributed by atoms with E-state index in [1.807, 2.05) is 0 Å². The van der Waals surface area contributed by atoms with Crippen LogP contribution in [0.1, 0.15) is 11.1 Å². The first-order valence-corrected chi connectivity index (χ1v) is 7.06. The molecule has 0 spiro atoms. The van der Waals surface area contributed by atoms with Gasteiger partial charge in [0.15, 0.2) is 5.82 Å². The molecule has 132 valence electrons. The number of rotatable bonds is 7. The van der Waals surface area contributed by atoms with Gasteiger partial charge in [-0.2, -0.15) is 0 Å². The molecule has 9 heteroatoms. The summed E-state index contributed by atoms with van der Waals surface area (Å²) in [6.07, 6.45) is 0.586. The number of halogens is 4. The molecule has 2 aromatic carbocycles. The summed E-state index contributed by atoms with van der Waals surface area (Å²) in [5, 5.41) is 15.8. The summed E-state index contributed by atoms with van der Waals surface area (Å²) in [6, 6.07) is 5.88. The van der Waals surface area contributed by atoms with E-state index in [2.05, 4.69) is 10.6 Å². The largest absolute Gasteiger partial charge is 0.363 e. The molecule has 25 heavy (non-hydrogen) atoms. The molecule has 0 saturated carbocycles. The van der Waals surface area contributed by atoms with Gasteiger partial charge in [-0.05, 0) is 12.1 Å². The predicted molar refractivity (Wildman–Crippen MR) is 81.5 cm³/mol. The second-order valence-electron chi connectivity index (χ2n) is 5.01. The molecule has 0 atom stereocenters. The highest BCUT2D eigenvalue weighted by Gasteiger charge is 2.09. The zero-order valence-electron chi connectivity index (χ0n) is 12.7. The average molecular weight is 355 g/mol. The van der Waals surface area contributed by atoms with Gasteiger partial charge in [0.05, 0.1) is 4.92 Å². The van der Waals surface area contributed by atoms with Gasteiger partial charge in [0.1, 0.15) is 23.3 Å². The van der Waals surface area contributed by atoms with Crippen LogP contribution in [0.5, 0.6) is 0 Å². The summed E-state index contributed by atoms with van der Waals surface area (Å²) in [6.45, 7) is -0.324. The highest BCUT2D eigenvalue weighted by molar-refractivity contribution is 5.20. The van der Waals surface area contributed by atoms with Crippen LogP contribution in [0.3, 0.4) is 0 Å². The summed E-state index contributed by atoms with van der Waals surface area (Å²) in [5.74, 6) is -3.22. The lowest BCUT2D eigenvalue weighted by molar-refractivity contribution is -0.404. The molecule has 0 heterocycles. The maximum atomic E-state index is 13.6. The third-order valence-corrected chi connectivity index (χ3v) is 3.20. The van der Waals surface area contributed by atoms with Crippen LogP contribution in [0.15, 0.2) is 48.4 Å². The third kappa shape index (κ3) is 5.48. The van der Waals surface area contributed by atoms with Crippen molar-refractivity contribution in [2.24, 2.45) is 0 Å². The van der Waals surface area contributed by atoms with Gasteiger partial charge in [-0.3, -0.25) is 10.1 Å². The molecule has 0 radical (unpaired) electrons. The lowest BCUT2D eigenvalue weighted by atomic mass is 10.2. The fourth-order valence-corrected chi connectivity index (χ4v) is 1.97.